The average Bonchev–Trinajstić information content (AvgIpc) is 2.55. The molecule has 5 nitrogen and oxygen atoms in total. The molecule has 0 aliphatic carbocycles. The van der Waals surface area contributed by atoms with Crippen molar-refractivity contribution in [1.82, 2.24) is 15.3 Å². The molecule has 7 heteroatoms. The van der Waals surface area contributed by atoms with Gasteiger partial charge < -0.3 is 15.5 Å². The second-order valence-corrected chi connectivity index (χ2v) is 6.72. The number of rotatable bonds is 3. The van der Waals surface area contributed by atoms with Crippen molar-refractivity contribution < 1.29 is 0 Å². The van der Waals surface area contributed by atoms with Gasteiger partial charge in [-0.2, -0.15) is 0 Å². The lowest BCUT2D eigenvalue weighted by atomic mass is 10.1. The predicted octanol–water partition coefficient (Wildman–Crippen LogP) is 3.39. The quantitative estimate of drug-likeness (QED) is 0.645. The molecule has 2 aromatic heterocycles. The van der Waals surface area contributed by atoms with Crippen LogP contribution in [0.5, 0.6) is 0 Å². The maximum atomic E-state index is 6.06. The van der Waals surface area contributed by atoms with Crippen LogP contribution in [0.4, 0.5) is 11.5 Å². The first-order valence-corrected chi connectivity index (χ1v) is 8.75. The molecule has 126 valence electrons. The van der Waals surface area contributed by atoms with Crippen molar-refractivity contribution in [2.75, 3.05) is 23.3 Å². The van der Waals surface area contributed by atoms with Crippen molar-refractivity contribution in [3.05, 3.63) is 47.4 Å². The van der Waals surface area contributed by atoms with E-state index in [2.05, 4.69) is 31.6 Å². The van der Waals surface area contributed by atoms with Crippen LogP contribution in [0.25, 0.3) is 0 Å². The van der Waals surface area contributed by atoms with Gasteiger partial charge in [-0.1, -0.05) is 11.6 Å². The van der Waals surface area contributed by atoms with Crippen molar-refractivity contribution in [3.8, 4) is 0 Å². The number of hydrogen-bond donors (Lipinski definition) is 2. The number of aromatic nitrogens is 2. The normalized spacial score (nSPS) is 15.2. The Labute approximate surface area is 152 Å². The lowest BCUT2D eigenvalue weighted by Gasteiger charge is -2.33. The largest absolute Gasteiger partial charge is 0.360 e. The summed E-state index contributed by atoms with van der Waals surface area (Å²) in [6.45, 7) is 3.90. The van der Waals surface area contributed by atoms with Crippen LogP contribution in [-0.2, 0) is 0 Å². The summed E-state index contributed by atoms with van der Waals surface area (Å²) in [5.41, 5.74) is 2.03. The molecule has 3 rings (SSSR count). The molecule has 1 fully saturated rings. The molecule has 1 aliphatic heterocycles. The summed E-state index contributed by atoms with van der Waals surface area (Å²) in [5.74, 6) is 0.953. The summed E-state index contributed by atoms with van der Waals surface area (Å²) >= 11 is 11.4. The highest BCUT2D eigenvalue weighted by atomic mass is 35.5. The van der Waals surface area contributed by atoms with Gasteiger partial charge >= 0.3 is 0 Å². The Kier molecular flexibility index (Phi) is 5.48. The van der Waals surface area contributed by atoms with Crippen molar-refractivity contribution in [2.24, 2.45) is 0 Å². The molecular formula is C17H20ClN5S. The van der Waals surface area contributed by atoms with E-state index in [9.17, 15) is 0 Å². The molecule has 0 saturated carbocycles. The predicted molar refractivity (Wildman–Crippen MR) is 103 cm³/mol. The van der Waals surface area contributed by atoms with Gasteiger partial charge in [-0.3, -0.25) is 4.98 Å². The van der Waals surface area contributed by atoms with Crippen molar-refractivity contribution in [1.29, 1.82) is 0 Å². The van der Waals surface area contributed by atoms with E-state index in [0.29, 0.717) is 16.3 Å². The summed E-state index contributed by atoms with van der Waals surface area (Å²) < 4.78 is 0. The van der Waals surface area contributed by atoms with Crippen LogP contribution >= 0.6 is 23.8 Å². The van der Waals surface area contributed by atoms with Crippen molar-refractivity contribution >= 4 is 40.4 Å². The summed E-state index contributed by atoms with van der Waals surface area (Å²) in [6.07, 6.45) is 5.50. The number of pyridine rings is 2. The molecular weight excluding hydrogens is 342 g/mol. The first kappa shape index (κ1) is 16.9. The van der Waals surface area contributed by atoms with Gasteiger partial charge in [0.05, 0.1) is 11.9 Å². The SMILES string of the molecule is Cc1cc(Cl)nc(N2CCC(NC(=S)Nc3cccnc3)CC2)c1. The Hall–Kier alpha value is -1.92. The summed E-state index contributed by atoms with van der Waals surface area (Å²) in [6, 6.07) is 8.13. The molecule has 1 saturated heterocycles. The second-order valence-electron chi connectivity index (χ2n) is 5.93. The van der Waals surface area contributed by atoms with Gasteiger partial charge in [-0.15, -0.1) is 0 Å². The van der Waals surface area contributed by atoms with Gasteiger partial charge in [-0.25, -0.2) is 4.98 Å². The molecule has 2 N–H and O–H groups in total. The fraction of sp³-hybridized carbons (Fsp3) is 0.353. The number of thiocarbonyl (C=S) groups is 1. The summed E-state index contributed by atoms with van der Waals surface area (Å²) in [5, 5.41) is 7.73. The standard InChI is InChI=1S/C17H20ClN5S/c1-12-9-15(18)22-16(10-12)23-7-4-13(5-8-23)20-17(24)21-14-3-2-6-19-11-14/h2-3,6,9-11,13H,4-5,7-8H2,1H3,(H2,20,21,24). The third-order valence-electron chi connectivity index (χ3n) is 4.00. The molecule has 0 amide bonds. The number of piperidine rings is 1. The van der Waals surface area contributed by atoms with Gasteiger partial charge in [0.2, 0.25) is 0 Å². The Morgan fingerprint density at radius 1 is 1.33 bits per heavy atom. The maximum absolute atomic E-state index is 6.06. The van der Waals surface area contributed by atoms with Crippen LogP contribution in [-0.4, -0.2) is 34.2 Å². The van der Waals surface area contributed by atoms with E-state index in [1.165, 1.54) is 0 Å². The molecule has 0 bridgehead atoms. The number of halogens is 1. The summed E-state index contributed by atoms with van der Waals surface area (Å²) in [7, 11) is 0. The highest BCUT2D eigenvalue weighted by Gasteiger charge is 2.21. The number of hydrogen-bond acceptors (Lipinski definition) is 4. The van der Waals surface area contributed by atoms with Gasteiger partial charge in [0.1, 0.15) is 11.0 Å². The lowest BCUT2D eigenvalue weighted by molar-refractivity contribution is 0.466. The highest BCUT2D eigenvalue weighted by molar-refractivity contribution is 7.80. The van der Waals surface area contributed by atoms with Gasteiger partial charge in [-0.05, 0) is 61.8 Å². The molecule has 0 aromatic carbocycles. The van der Waals surface area contributed by atoms with E-state index in [0.717, 1.165) is 43.0 Å². The zero-order valence-corrected chi connectivity index (χ0v) is 15.1. The lowest BCUT2D eigenvalue weighted by Crippen LogP contribution is -2.46. The van der Waals surface area contributed by atoms with E-state index in [4.69, 9.17) is 23.8 Å². The van der Waals surface area contributed by atoms with Gasteiger partial charge in [0.25, 0.3) is 0 Å². The third-order valence-corrected chi connectivity index (χ3v) is 4.41. The number of nitrogens with one attached hydrogen (secondary N) is 2. The number of nitrogens with zero attached hydrogens (tertiary/aromatic N) is 3. The second kappa shape index (κ2) is 7.77. The molecule has 24 heavy (non-hydrogen) atoms. The first-order chi connectivity index (χ1) is 11.6. The van der Waals surface area contributed by atoms with Crippen molar-refractivity contribution in [2.45, 2.75) is 25.8 Å². The van der Waals surface area contributed by atoms with Crippen molar-refractivity contribution in [3.63, 3.8) is 0 Å². The van der Waals surface area contributed by atoms with E-state index in [1.54, 1.807) is 12.4 Å². The van der Waals surface area contributed by atoms with E-state index in [-0.39, 0.29) is 0 Å². The molecule has 0 atom stereocenters. The summed E-state index contributed by atoms with van der Waals surface area (Å²) in [4.78, 5) is 10.8. The minimum Gasteiger partial charge on any atom is -0.360 e. The van der Waals surface area contributed by atoms with Crippen LogP contribution in [0, 0.1) is 6.92 Å². The fourth-order valence-corrected chi connectivity index (χ4v) is 3.35. The minimum atomic E-state index is 0.359. The molecule has 2 aromatic rings. The van der Waals surface area contributed by atoms with Crippen LogP contribution in [0.2, 0.25) is 5.15 Å². The van der Waals surface area contributed by atoms with Crippen LogP contribution in [0.1, 0.15) is 18.4 Å². The van der Waals surface area contributed by atoms with E-state index < -0.39 is 0 Å². The minimum absolute atomic E-state index is 0.359. The first-order valence-electron chi connectivity index (χ1n) is 7.97. The van der Waals surface area contributed by atoms with E-state index in [1.807, 2.05) is 25.1 Å². The highest BCUT2D eigenvalue weighted by Crippen LogP contribution is 2.21. The fourth-order valence-electron chi connectivity index (χ4n) is 2.81. The van der Waals surface area contributed by atoms with Crippen LogP contribution in [0.15, 0.2) is 36.7 Å². The van der Waals surface area contributed by atoms with Crippen LogP contribution in [0.3, 0.4) is 0 Å². The number of aryl methyl sites for hydroxylation is 1. The molecule has 0 unspecified atom stereocenters. The maximum Gasteiger partial charge on any atom is 0.171 e. The van der Waals surface area contributed by atoms with Gasteiger partial charge in [0, 0.05) is 25.3 Å². The Morgan fingerprint density at radius 3 is 2.79 bits per heavy atom. The zero-order valence-electron chi connectivity index (χ0n) is 13.5. The molecule has 1 aliphatic rings. The molecule has 3 heterocycles. The molecule has 0 radical (unpaired) electrons. The smallest absolute Gasteiger partial charge is 0.171 e. The monoisotopic (exact) mass is 361 g/mol. The number of anilines is 2. The topological polar surface area (TPSA) is 53.1 Å². The average molecular weight is 362 g/mol. The Morgan fingerprint density at radius 2 is 2.12 bits per heavy atom. The zero-order chi connectivity index (χ0) is 16.9. The Bertz CT molecular complexity index is 681. The van der Waals surface area contributed by atoms with Gasteiger partial charge in [0.15, 0.2) is 5.11 Å². The Balaban J connectivity index is 1.51. The van der Waals surface area contributed by atoms with Crippen LogP contribution < -0.4 is 15.5 Å². The third kappa shape index (κ3) is 4.55. The van der Waals surface area contributed by atoms with E-state index >= 15 is 0 Å². The molecule has 0 spiro atoms.